The lowest BCUT2D eigenvalue weighted by molar-refractivity contribution is 0.481. The van der Waals surface area contributed by atoms with E-state index < -0.39 is 0 Å². The minimum atomic E-state index is -0.287. The highest BCUT2D eigenvalue weighted by Crippen LogP contribution is 2.37. The van der Waals surface area contributed by atoms with Gasteiger partial charge < -0.3 is 10.1 Å². The number of halogens is 1. The Morgan fingerprint density at radius 1 is 1.31 bits per heavy atom. The maximum atomic E-state index is 11.3. The van der Waals surface area contributed by atoms with Crippen molar-refractivity contribution in [2.24, 2.45) is 0 Å². The van der Waals surface area contributed by atoms with Crippen LogP contribution in [0, 0.1) is 0 Å². The van der Waals surface area contributed by atoms with E-state index in [2.05, 4.69) is 20.9 Å². The number of benzene rings is 1. The molecule has 0 saturated heterocycles. The summed E-state index contributed by atoms with van der Waals surface area (Å²) in [6, 6.07) is 7.03. The van der Waals surface area contributed by atoms with Crippen molar-refractivity contribution in [3.05, 3.63) is 39.1 Å². The van der Waals surface area contributed by atoms with Crippen molar-refractivity contribution in [3.8, 4) is 5.75 Å². The molecule has 0 saturated carbocycles. The SMILES string of the molecule is O=c1cc(O)c2sc3ccc(Br)cc3c2[nH]1. The molecule has 0 atom stereocenters. The second-order valence-electron chi connectivity index (χ2n) is 3.47. The van der Waals surface area contributed by atoms with E-state index in [1.54, 1.807) is 0 Å². The predicted octanol–water partition coefficient (Wildman–Crippen LogP) is 3.21. The summed E-state index contributed by atoms with van der Waals surface area (Å²) < 4.78 is 2.70. The quantitative estimate of drug-likeness (QED) is 0.669. The van der Waals surface area contributed by atoms with E-state index in [9.17, 15) is 9.90 Å². The van der Waals surface area contributed by atoms with Crippen molar-refractivity contribution in [2.75, 3.05) is 0 Å². The van der Waals surface area contributed by atoms with Crippen LogP contribution in [0.15, 0.2) is 33.5 Å². The maximum Gasteiger partial charge on any atom is 0.252 e. The summed E-state index contributed by atoms with van der Waals surface area (Å²) in [4.78, 5) is 14.1. The van der Waals surface area contributed by atoms with Crippen LogP contribution in [0.25, 0.3) is 20.3 Å². The van der Waals surface area contributed by atoms with Gasteiger partial charge in [0.1, 0.15) is 5.75 Å². The number of nitrogens with one attached hydrogen (secondary N) is 1. The van der Waals surface area contributed by atoms with Crippen LogP contribution >= 0.6 is 27.3 Å². The molecule has 0 aliphatic rings. The molecule has 1 aromatic carbocycles. The molecule has 0 unspecified atom stereocenters. The molecule has 0 bridgehead atoms. The molecule has 16 heavy (non-hydrogen) atoms. The zero-order chi connectivity index (χ0) is 11.3. The molecule has 0 aliphatic heterocycles. The Labute approximate surface area is 102 Å². The molecule has 0 fully saturated rings. The average molecular weight is 296 g/mol. The van der Waals surface area contributed by atoms with E-state index >= 15 is 0 Å². The Morgan fingerprint density at radius 3 is 2.94 bits per heavy atom. The van der Waals surface area contributed by atoms with E-state index in [1.165, 1.54) is 17.4 Å². The van der Waals surface area contributed by atoms with E-state index in [-0.39, 0.29) is 11.3 Å². The first-order chi connectivity index (χ1) is 7.65. The van der Waals surface area contributed by atoms with Gasteiger partial charge in [-0.1, -0.05) is 15.9 Å². The number of thiophene rings is 1. The Bertz CT molecular complexity index is 760. The fourth-order valence-corrected chi connectivity index (χ4v) is 3.14. The number of pyridine rings is 1. The molecule has 0 spiro atoms. The Hall–Kier alpha value is -1.33. The topological polar surface area (TPSA) is 53.1 Å². The van der Waals surface area contributed by atoms with E-state index in [1.807, 2.05) is 18.2 Å². The molecule has 2 N–H and O–H groups in total. The predicted molar refractivity (Wildman–Crippen MR) is 69.3 cm³/mol. The number of aromatic nitrogens is 1. The minimum absolute atomic E-state index is 0.0380. The molecule has 5 heteroatoms. The molecule has 0 aliphatic carbocycles. The summed E-state index contributed by atoms with van der Waals surface area (Å²) in [6.45, 7) is 0. The first-order valence-corrected chi connectivity index (χ1v) is 6.20. The normalized spacial score (nSPS) is 11.3. The molecule has 3 rings (SSSR count). The summed E-state index contributed by atoms with van der Waals surface area (Å²) in [7, 11) is 0. The number of H-pyrrole nitrogens is 1. The van der Waals surface area contributed by atoms with E-state index in [0.717, 1.165) is 14.6 Å². The van der Waals surface area contributed by atoms with Gasteiger partial charge >= 0.3 is 0 Å². The standard InChI is InChI=1S/C11H6BrNO2S/c12-5-1-2-8-6(3-5)10-11(16-8)7(14)4-9(15)13-10/h1-4H,(H2,13,14,15). The smallest absolute Gasteiger partial charge is 0.252 e. The van der Waals surface area contributed by atoms with Gasteiger partial charge in [0.15, 0.2) is 0 Å². The number of hydrogen-bond donors (Lipinski definition) is 2. The highest BCUT2D eigenvalue weighted by atomic mass is 79.9. The second kappa shape index (κ2) is 3.33. The molecule has 2 aromatic heterocycles. The number of rotatable bonds is 0. The minimum Gasteiger partial charge on any atom is -0.506 e. The zero-order valence-electron chi connectivity index (χ0n) is 7.95. The fraction of sp³-hybridized carbons (Fsp3) is 0. The van der Waals surface area contributed by atoms with Crippen molar-refractivity contribution in [2.45, 2.75) is 0 Å². The molecule has 80 valence electrons. The van der Waals surface area contributed by atoms with Gasteiger partial charge in [-0.2, -0.15) is 0 Å². The van der Waals surface area contributed by atoms with Crippen LogP contribution in [0.4, 0.5) is 0 Å². The first-order valence-electron chi connectivity index (χ1n) is 4.59. The molecule has 3 aromatic rings. The molecule has 3 nitrogen and oxygen atoms in total. The van der Waals surface area contributed by atoms with Crippen LogP contribution in [-0.2, 0) is 0 Å². The second-order valence-corrected chi connectivity index (χ2v) is 5.43. The molecule has 0 amide bonds. The van der Waals surface area contributed by atoms with Crippen LogP contribution in [0.2, 0.25) is 0 Å². The molecular weight excluding hydrogens is 290 g/mol. The average Bonchev–Trinajstić information content (AvgIpc) is 2.57. The van der Waals surface area contributed by atoms with E-state index in [4.69, 9.17) is 0 Å². The van der Waals surface area contributed by atoms with Crippen molar-refractivity contribution in [1.82, 2.24) is 4.98 Å². The maximum absolute atomic E-state index is 11.3. The highest BCUT2D eigenvalue weighted by Gasteiger charge is 2.10. The van der Waals surface area contributed by atoms with Crippen molar-refractivity contribution < 1.29 is 5.11 Å². The van der Waals surface area contributed by atoms with Crippen LogP contribution in [-0.4, -0.2) is 10.1 Å². The third-order valence-electron chi connectivity index (χ3n) is 2.40. The molecule has 0 radical (unpaired) electrons. The van der Waals surface area contributed by atoms with Gasteiger partial charge in [0.2, 0.25) is 0 Å². The lowest BCUT2D eigenvalue weighted by Gasteiger charge is -1.94. The number of aromatic hydroxyl groups is 1. The summed E-state index contributed by atoms with van der Waals surface area (Å²) >= 11 is 4.85. The number of fused-ring (bicyclic) bond motifs is 3. The number of aromatic amines is 1. The van der Waals surface area contributed by atoms with Gasteiger partial charge in [0, 0.05) is 20.6 Å². The summed E-state index contributed by atoms with van der Waals surface area (Å²) in [5.41, 5.74) is 0.413. The van der Waals surface area contributed by atoms with Crippen LogP contribution in [0.3, 0.4) is 0 Å². The van der Waals surface area contributed by atoms with Gasteiger partial charge in [0.25, 0.3) is 5.56 Å². The summed E-state index contributed by atoms with van der Waals surface area (Å²) in [6.07, 6.45) is 0. The van der Waals surface area contributed by atoms with Crippen LogP contribution < -0.4 is 5.56 Å². The number of hydrogen-bond acceptors (Lipinski definition) is 3. The Morgan fingerprint density at radius 2 is 2.12 bits per heavy atom. The van der Waals surface area contributed by atoms with Crippen molar-refractivity contribution >= 4 is 47.6 Å². The van der Waals surface area contributed by atoms with Gasteiger partial charge in [-0.05, 0) is 18.2 Å². The lowest BCUT2D eigenvalue weighted by atomic mass is 10.2. The fourth-order valence-electron chi connectivity index (χ4n) is 1.72. The largest absolute Gasteiger partial charge is 0.506 e. The molecular formula is C11H6BrNO2S. The Kier molecular flexibility index (Phi) is 2.05. The highest BCUT2D eigenvalue weighted by molar-refractivity contribution is 9.10. The Balaban J connectivity index is 2.62. The van der Waals surface area contributed by atoms with Crippen molar-refractivity contribution in [3.63, 3.8) is 0 Å². The van der Waals surface area contributed by atoms with Crippen LogP contribution in [0.1, 0.15) is 0 Å². The van der Waals surface area contributed by atoms with Gasteiger partial charge in [-0.25, -0.2) is 0 Å². The third-order valence-corrected chi connectivity index (χ3v) is 4.09. The van der Waals surface area contributed by atoms with E-state index in [0.29, 0.717) is 10.2 Å². The van der Waals surface area contributed by atoms with Gasteiger partial charge in [-0.15, -0.1) is 11.3 Å². The summed E-state index contributed by atoms with van der Waals surface area (Å²) in [5, 5.41) is 10.6. The van der Waals surface area contributed by atoms with Gasteiger partial charge in [-0.3, -0.25) is 4.79 Å². The zero-order valence-corrected chi connectivity index (χ0v) is 10.4. The van der Waals surface area contributed by atoms with Gasteiger partial charge in [0.05, 0.1) is 10.2 Å². The lowest BCUT2D eigenvalue weighted by Crippen LogP contribution is -2.01. The van der Waals surface area contributed by atoms with Crippen LogP contribution in [0.5, 0.6) is 5.75 Å². The van der Waals surface area contributed by atoms with Crippen molar-refractivity contribution in [1.29, 1.82) is 0 Å². The summed E-state index contributed by atoms with van der Waals surface area (Å²) in [5.74, 6) is 0.0380. The monoisotopic (exact) mass is 295 g/mol. The first kappa shape index (κ1) is 9.86. The molecule has 2 heterocycles. The third kappa shape index (κ3) is 1.36.